The molecule has 1 saturated carbocycles. The van der Waals surface area contributed by atoms with Gasteiger partial charge in [0, 0.05) is 61.9 Å². The van der Waals surface area contributed by atoms with Crippen LogP contribution in [0.15, 0.2) is 36.5 Å². The van der Waals surface area contributed by atoms with Gasteiger partial charge in [-0.3, -0.25) is 28.9 Å². The molecule has 1 aromatic heterocycles. The third kappa shape index (κ3) is 5.73. The highest BCUT2D eigenvalue weighted by molar-refractivity contribution is 6.30. The summed E-state index contributed by atoms with van der Waals surface area (Å²) in [7, 11) is 3.34. The number of carbonyl (C=O) groups is 3. The van der Waals surface area contributed by atoms with Gasteiger partial charge >= 0.3 is 0 Å². The molecule has 10 nitrogen and oxygen atoms in total. The van der Waals surface area contributed by atoms with Gasteiger partial charge in [-0.1, -0.05) is 23.7 Å². The monoisotopic (exact) mass is 632 g/mol. The number of nitrogens with zero attached hydrogens (tertiary/aromatic N) is 5. The van der Waals surface area contributed by atoms with Crippen molar-refractivity contribution in [3.8, 4) is 0 Å². The summed E-state index contributed by atoms with van der Waals surface area (Å²) in [6, 6.07) is 7.60. The van der Waals surface area contributed by atoms with Crippen molar-refractivity contribution in [2.75, 3.05) is 43.4 Å². The largest absolute Gasteiger partial charge is 0.483 e. The Morgan fingerprint density at radius 1 is 1.20 bits per heavy atom. The predicted molar refractivity (Wildman–Crippen MR) is 157 cm³/mol. The highest BCUT2D eigenvalue weighted by atomic mass is 35.5. The van der Waals surface area contributed by atoms with Crippen molar-refractivity contribution >= 4 is 41.4 Å². The molecule has 2 aromatic carbocycles. The third-order valence-corrected chi connectivity index (χ3v) is 8.67. The molecule has 14 heteroatoms. The molecule has 0 spiro atoms. The Kier molecular flexibility index (Phi) is 8.63. The van der Waals surface area contributed by atoms with E-state index in [-0.39, 0.29) is 58.2 Å². The molecule has 6 rings (SSSR count). The molecule has 2 fully saturated rings. The number of rotatable bonds is 7. The maximum absolute atomic E-state index is 16.4. The quantitative estimate of drug-likeness (QED) is 0.381. The summed E-state index contributed by atoms with van der Waals surface area (Å²) in [5.74, 6) is -2.97. The highest BCUT2D eigenvalue weighted by Crippen LogP contribution is 2.45. The van der Waals surface area contributed by atoms with Crippen LogP contribution in [-0.2, 0) is 22.1 Å². The van der Waals surface area contributed by atoms with E-state index in [4.69, 9.17) is 21.5 Å². The van der Waals surface area contributed by atoms with Gasteiger partial charge in [-0.05, 0) is 38.0 Å². The molecule has 1 atom stereocenters. The number of likely N-dealkylation sites (N-methyl/N-ethyl adjacent to an activating group) is 1. The van der Waals surface area contributed by atoms with Crippen LogP contribution in [0.3, 0.4) is 0 Å². The van der Waals surface area contributed by atoms with E-state index in [2.05, 4.69) is 10.4 Å². The minimum absolute atomic E-state index is 0.00123. The summed E-state index contributed by atoms with van der Waals surface area (Å²) in [5, 5.41) is 14.0. The lowest BCUT2D eigenvalue weighted by Crippen LogP contribution is -2.57. The summed E-state index contributed by atoms with van der Waals surface area (Å²) in [6.45, 7) is 2.50. The van der Waals surface area contributed by atoms with E-state index in [1.165, 1.54) is 36.0 Å². The Morgan fingerprint density at radius 3 is 2.50 bits per heavy atom. The van der Waals surface area contributed by atoms with Crippen LogP contribution in [0.4, 0.5) is 24.7 Å². The SMILES string of the molecule is CN(C(=O)CN1CC(Nc2ccc3c(c2F)C(C)(c2cccc(Cl)c2F)CN(c2nn(C)cc2F)C3=O)C1)C1CC1.O=CO. The number of hydrogen-bond donors (Lipinski definition) is 2. The number of carboxylic acid groups (broad SMARTS) is 1. The molecular weight excluding hydrogens is 601 g/mol. The van der Waals surface area contributed by atoms with Gasteiger partial charge in [0.25, 0.3) is 12.4 Å². The van der Waals surface area contributed by atoms with E-state index in [0.29, 0.717) is 25.7 Å². The number of hydrogen-bond acceptors (Lipinski definition) is 6. The van der Waals surface area contributed by atoms with Crippen molar-refractivity contribution in [3.05, 3.63) is 75.7 Å². The molecule has 0 bridgehead atoms. The molecule has 2 aliphatic heterocycles. The maximum Gasteiger partial charge on any atom is 0.290 e. The van der Waals surface area contributed by atoms with E-state index in [1.54, 1.807) is 17.9 Å². The number of carbonyl (C=O) groups excluding carboxylic acids is 2. The summed E-state index contributed by atoms with van der Waals surface area (Å²) in [4.78, 5) is 39.3. The fourth-order valence-corrected chi connectivity index (χ4v) is 6.12. The van der Waals surface area contributed by atoms with Crippen LogP contribution in [-0.4, -0.2) is 88.3 Å². The predicted octanol–water partition coefficient (Wildman–Crippen LogP) is 3.87. The molecule has 44 heavy (non-hydrogen) atoms. The molecule has 3 heterocycles. The molecule has 3 aromatic rings. The number of nitrogens with one attached hydrogen (secondary N) is 1. The van der Waals surface area contributed by atoms with Crippen molar-refractivity contribution in [1.29, 1.82) is 0 Å². The maximum atomic E-state index is 16.4. The molecule has 1 unspecified atom stereocenters. The number of amides is 2. The Balaban J connectivity index is 0.00000123. The number of benzene rings is 2. The number of likely N-dealkylation sites (tertiary alicyclic amines) is 1. The van der Waals surface area contributed by atoms with Crippen molar-refractivity contribution < 1.29 is 32.7 Å². The number of aromatic nitrogens is 2. The van der Waals surface area contributed by atoms with E-state index < -0.39 is 28.8 Å². The fourth-order valence-electron chi connectivity index (χ4n) is 5.95. The van der Waals surface area contributed by atoms with Crippen molar-refractivity contribution in [1.82, 2.24) is 19.6 Å². The first kappa shape index (κ1) is 31.3. The van der Waals surface area contributed by atoms with E-state index in [9.17, 15) is 14.0 Å². The highest BCUT2D eigenvalue weighted by Gasteiger charge is 2.47. The minimum Gasteiger partial charge on any atom is -0.483 e. The molecule has 234 valence electrons. The minimum atomic E-state index is -1.44. The molecule has 2 amide bonds. The van der Waals surface area contributed by atoms with Crippen molar-refractivity contribution in [3.63, 3.8) is 0 Å². The Hall–Kier alpha value is -4.10. The number of fused-ring (bicyclic) bond motifs is 1. The van der Waals surface area contributed by atoms with Crippen LogP contribution >= 0.6 is 11.6 Å². The normalized spacial score (nSPS) is 19.9. The van der Waals surface area contributed by atoms with Crippen LogP contribution in [0.1, 0.15) is 41.3 Å². The smallest absolute Gasteiger partial charge is 0.290 e. The van der Waals surface area contributed by atoms with Gasteiger partial charge in [0.05, 0.1) is 29.5 Å². The number of halogens is 4. The van der Waals surface area contributed by atoms with Gasteiger partial charge in [-0.15, -0.1) is 0 Å². The standard InChI is InChI=1S/C29H30ClF3N6O2.CH2O2/c1-29(19-5-4-6-20(30)25(19)32)15-39(27-21(31)13-36(2)35-27)28(41)18-9-10-22(26(33)24(18)29)34-16-11-38(12-16)14-23(40)37(3)17-7-8-17;2-1-3/h4-6,9-10,13,16-17,34H,7-8,11-12,14-15H2,1-3H3;1H,(H,2,3). The number of anilines is 2. The Morgan fingerprint density at radius 2 is 1.89 bits per heavy atom. The van der Waals surface area contributed by atoms with Crippen molar-refractivity contribution in [2.24, 2.45) is 7.05 Å². The second-order valence-corrected chi connectivity index (χ2v) is 11.9. The molecule has 3 aliphatic rings. The zero-order valence-corrected chi connectivity index (χ0v) is 25.1. The summed E-state index contributed by atoms with van der Waals surface area (Å²) < 4.78 is 47.9. The fraction of sp³-hybridized carbons (Fsp3) is 0.400. The van der Waals surface area contributed by atoms with Gasteiger partial charge < -0.3 is 15.3 Å². The van der Waals surface area contributed by atoms with Crippen LogP contribution in [0.2, 0.25) is 5.02 Å². The lowest BCUT2D eigenvalue weighted by Gasteiger charge is -2.43. The Labute approximate surface area is 257 Å². The van der Waals surface area contributed by atoms with Gasteiger partial charge in [0.1, 0.15) is 5.82 Å². The van der Waals surface area contributed by atoms with Crippen LogP contribution in [0.5, 0.6) is 0 Å². The van der Waals surface area contributed by atoms with Crippen LogP contribution in [0.25, 0.3) is 0 Å². The zero-order valence-electron chi connectivity index (χ0n) is 24.4. The summed E-state index contributed by atoms with van der Waals surface area (Å²) in [6.07, 6.45) is 3.21. The first-order valence-electron chi connectivity index (χ1n) is 14.0. The van der Waals surface area contributed by atoms with E-state index >= 15 is 8.78 Å². The first-order valence-corrected chi connectivity index (χ1v) is 14.4. The van der Waals surface area contributed by atoms with Gasteiger partial charge in [-0.2, -0.15) is 5.10 Å². The average molecular weight is 633 g/mol. The molecular formula is C30H32ClF3N6O4. The first-order chi connectivity index (χ1) is 20.9. The van der Waals surface area contributed by atoms with Gasteiger partial charge in [0.2, 0.25) is 5.91 Å². The second-order valence-electron chi connectivity index (χ2n) is 11.5. The van der Waals surface area contributed by atoms with Gasteiger partial charge in [-0.25, -0.2) is 13.2 Å². The van der Waals surface area contributed by atoms with E-state index in [1.807, 2.05) is 11.9 Å². The lowest BCUT2D eigenvalue weighted by molar-refractivity contribution is -0.132. The molecule has 1 saturated heterocycles. The zero-order chi connectivity index (χ0) is 31.9. The molecule has 0 radical (unpaired) electrons. The van der Waals surface area contributed by atoms with Crippen LogP contribution in [0, 0.1) is 17.5 Å². The van der Waals surface area contributed by atoms with E-state index in [0.717, 1.165) is 23.9 Å². The van der Waals surface area contributed by atoms with Crippen molar-refractivity contribution in [2.45, 2.75) is 37.3 Å². The summed E-state index contributed by atoms with van der Waals surface area (Å²) in [5.41, 5.74) is -1.22. The van der Waals surface area contributed by atoms with Gasteiger partial charge in [0.15, 0.2) is 17.5 Å². The molecule has 2 N–H and O–H groups in total. The topological polar surface area (TPSA) is 111 Å². The number of aryl methyl sites for hydroxylation is 1. The summed E-state index contributed by atoms with van der Waals surface area (Å²) >= 11 is 6.12. The lowest BCUT2D eigenvalue weighted by atomic mass is 9.70. The second kappa shape index (κ2) is 12.1. The Bertz CT molecular complexity index is 1610. The third-order valence-electron chi connectivity index (χ3n) is 8.38. The molecule has 1 aliphatic carbocycles. The average Bonchev–Trinajstić information content (AvgIpc) is 3.75. The van der Waals surface area contributed by atoms with Crippen LogP contribution < -0.4 is 10.2 Å².